The summed E-state index contributed by atoms with van der Waals surface area (Å²) in [6.45, 7) is 0.107. The van der Waals surface area contributed by atoms with Gasteiger partial charge >= 0.3 is 0 Å². The Balaban J connectivity index is 2.11. The molecular weight excluding hydrogens is 204 g/mol. The van der Waals surface area contributed by atoms with Crippen molar-refractivity contribution in [1.82, 2.24) is 0 Å². The number of aliphatic hydroxyl groups is 1. The van der Waals surface area contributed by atoms with Crippen molar-refractivity contribution < 1.29 is 5.11 Å². The molecule has 0 saturated carbocycles. The Morgan fingerprint density at radius 2 is 1.40 bits per heavy atom. The summed E-state index contributed by atoms with van der Waals surface area (Å²) >= 11 is 1.73. The molecule has 2 aromatic carbocycles. The fraction of sp³-hybridized carbons (Fsp3) is 0.0769. The normalized spacial score (nSPS) is 10.2. The van der Waals surface area contributed by atoms with Crippen LogP contribution in [0, 0.1) is 0 Å². The molecule has 2 aromatic rings. The first-order valence-corrected chi connectivity index (χ1v) is 5.63. The summed E-state index contributed by atoms with van der Waals surface area (Å²) in [5, 5.41) is 8.91. The minimum absolute atomic E-state index is 0.107. The molecule has 0 fully saturated rings. The molecule has 0 amide bonds. The summed E-state index contributed by atoms with van der Waals surface area (Å²) < 4.78 is 0. The van der Waals surface area contributed by atoms with Crippen LogP contribution < -0.4 is 0 Å². The standard InChI is InChI=1S/C13H12OS/c14-10-11-6-8-13(9-7-11)15-12-4-2-1-3-5-12/h1-9,14H,10H2. The van der Waals surface area contributed by atoms with E-state index in [-0.39, 0.29) is 6.61 Å². The van der Waals surface area contributed by atoms with Crippen LogP contribution in [-0.4, -0.2) is 5.11 Å². The van der Waals surface area contributed by atoms with Crippen molar-refractivity contribution >= 4 is 11.8 Å². The average Bonchev–Trinajstić information content (AvgIpc) is 2.31. The fourth-order valence-electron chi connectivity index (χ4n) is 1.29. The van der Waals surface area contributed by atoms with Crippen molar-refractivity contribution in [3.63, 3.8) is 0 Å². The molecule has 1 N–H and O–H groups in total. The predicted molar refractivity (Wildman–Crippen MR) is 62.9 cm³/mol. The maximum absolute atomic E-state index is 8.91. The minimum Gasteiger partial charge on any atom is -0.392 e. The van der Waals surface area contributed by atoms with E-state index in [9.17, 15) is 0 Å². The van der Waals surface area contributed by atoms with Crippen LogP contribution in [0.3, 0.4) is 0 Å². The molecule has 0 atom stereocenters. The first kappa shape index (κ1) is 10.3. The molecule has 0 spiro atoms. The van der Waals surface area contributed by atoms with E-state index >= 15 is 0 Å². The Labute approximate surface area is 93.8 Å². The van der Waals surface area contributed by atoms with E-state index in [1.54, 1.807) is 11.8 Å². The number of rotatable bonds is 3. The van der Waals surface area contributed by atoms with Crippen molar-refractivity contribution in [3.8, 4) is 0 Å². The van der Waals surface area contributed by atoms with Crippen molar-refractivity contribution in [1.29, 1.82) is 0 Å². The molecule has 76 valence electrons. The first-order valence-electron chi connectivity index (χ1n) is 4.81. The first-order chi connectivity index (χ1) is 7.38. The predicted octanol–water partition coefficient (Wildman–Crippen LogP) is 3.33. The Bertz CT molecular complexity index is 408. The van der Waals surface area contributed by atoms with Crippen LogP contribution in [0.5, 0.6) is 0 Å². The Hall–Kier alpha value is -1.25. The van der Waals surface area contributed by atoms with Gasteiger partial charge in [0.1, 0.15) is 0 Å². The van der Waals surface area contributed by atoms with E-state index < -0.39 is 0 Å². The molecule has 0 aromatic heterocycles. The summed E-state index contributed by atoms with van der Waals surface area (Å²) in [5.41, 5.74) is 0.951. The van der Waals surface area contributed by atoms with Gasteiger partial charge in [-0.05, 0) is 29.8 Å². The molecule has 0 unspecified atom stereocenters. The van der Waals surface area contributed by atoms with E-state index in [2.05, 4.69) is 12.1 Å². The van der Waals surface area contributed by atoms with E-state index in [0.29, 0.717) is 0 Å². The minimum atomic E-state index is 0.107. The van der Waals surface area contributed by atoms with Crippen molar-refractivity contribution in [2.75, 3.05) is 0 Å². The SMILES string of the molecule is OCc1ccc(Sc2ccccc2)cc1. The van der Waals surface area contributed by atoms with Crippen LogP contribution in [0.15, 0.2) is 64.4 Å². The van der Waals surface area contributed by atoms with Crippen LogP contribution in [0.25, 0.3) is 0 Å². The summed E-state index contributed by atoms with van der Waals surface area (Å²) in [6.07, 6.45) is 0. The maximum Gasteiger partial charge on any atom is 0.0681 e. The van der Waals surface area contributed by atoms with Crippen LogP contribution in [0.2, 0.25) is 0 Å². The molecule has 0 aliphatic heterocycles. The second-order valence-electron chi connectivity index (χ2n) is 3.22. The largest absolute Gasteiger partial charge is 0.392 e. The van der Waals surface area contributed by atoms with Crippen LogP contribution >= 0.6 is 11.8 Å². The molecule has 2 heteroatoms. The van der Waals surface area contributed by atoms with Gasteiger partial charge in [0, 0.05) is 9.79 Å². The third-order valence-corrected chi connectivity index (χ3v) is 3.10. The maximum atomic E-state index is 8.91. The second kappa shape index (κ2) is 5.01. The van der Waals surface area contributed by atoms with E-state index in [4.69, 9.17) is 5.11 Å². The van der Waals surface area contributed by atoms with Gasteiger partial charge in [-0.2, -0.15) is 0 Å². The molecule has 0 bridgehead atoms. The van der Waals surface area contributed by atoms with Crippen LogP contribution in [0.4, 0.5) is 0 Å². The fourth-order valence-corrected chi connectivity index (χ4v) is 2.13. The Morgan fingerprint density at radius 1 is 0.800 bits per heavy atom. The number of benzene rings is 2. The van der Waals surface area contributed by atoms with E-state index in [1.807, 2.05) is 42.5 Å². The molecule has 2 rings (SSSR count). The smallest absolute Gasteiger partial charge is 0.0681 e. The lowest BCUT2D eigenvalue weighted by Crippen LogP contribution is -1.81. The van der Waals surface area contributed by atoms with Gasteiger partial charge in [0.25, 0.3) is 0 Å². The van der Waals surface area contributed by atoms with Gasteiger partial charge in [-0.15, -0.1) is 0 Å². The van der Waals surface area contributed by atoms with Gasteiger partial charge < -0.3 is 5.11 Å². The lowest BCUT2D eigenvalue weighted by Gasteiger charge is -2.02. The molecule has 0 saturated heterocycles. The van der Waals surface area contributed by atoms with Gasteiger partial charge in [-0.3, -0.25) is 0 Å². The summed E-state index contributed by atoms with van der Waals surface area (Å²) in [5.74, 6) is 0. The lowest BCUT2D eigenvalue weighted by atomic mass is 10.2. The Kier molecular flexibility index (Phi) is 3.43. The lowest BCUT2D eigenvalue weighted by molar-refractivity contribution is 0.282. The van der Waals surface area contributed by atoms with Crippen molar-refractivity contribution in [3.05, 3.63) is 60.2 Å². The summed E-state index contributed by atoms with van der Waals surface area (Å²) in [6, 6.07) is 18.2. The third-order valence-electron chi connectivity index (χ3n) is 2.08. The van der Waals surface area contributed by atoms with Gasteiger partial charge in [0.15, 0.2) is 0 Å². The molecular formula is C13H12OS. The highest BCUT2D eigenvalue weighted by Gasteiger charge is 1.96. The van der Waals surface area contributed by atoms with Crippen LogP contribution in [-0.2, 0) is 6.61 Å². The number of hydrogen-bond acceptors (Lipinski definition) is 2. The molecule has 1 nitrogen and oxygen atoms in total. The van der Waals surface area contributed by atoms with Crippen molar-refractivity contribution in [2.24, 2.45) is 0 Å². The van der Waals surface area contributed by atoms with E-state index in [0.717, 1.165) is 5.56 Å². The van der Waals surface area contributed by atoms with Gasteiger partial charge in [0.05, 0.1) is 6.61 Å². The van der Waals surface area contributed by atoms with Gasteiger partial charge in [-0.25, -0.2) is 0 Å². The highest BCUT2D eigenvalue weighted by Crippen LogP contribution is 2.27. The second-order valence-corrected chi connectivity index (χ2v) is 4.36. The molecule has 0 heterocycles. The zero-order valence-electron chi connectivity index (χ0n) is 8.26. The third kappa shape index (κ3) is 2.85. The zero-order chi connectivity index (χ0) is 10.5. The van der Waals surface area contributed by atoms with Gasteiger partial charge in [0.2, 0.25) is 0 Å². The monoisotopic (exact) mass is 216 g/mol. The summed E-state index contributed by atoms with van der Waals surface area (Å²) in [7, 11) is 0. The van der Waals surface area contributed by atoms with Crippen molar-refractivity contribution in [2.45, 2.75) is 16.4 Å². The Morgan fingerprint density at radius 3 is 2.00 bits per heavy atom. The summed E-state index contributed by atoms with van der Waals surface area (Å²) in [4.78, 5) is 2.42. The van der Waals surface area contributed by atoms with Crippen LogP contribution in [0.1, 0.15) is 5.56 Å². The van der Waals surface area contributed by atoms with Gasteiger partial charge in [-0.1, -0.05) is 42.1 Å². The zero-order valence-corrected chi connectivity index (χ0v) is 9.08. The highest BCUT2D eigenvalue weighted by molar-refractivity contribution is 7.99. The molecule has 0 aliphatic rings. The molecule has 15 heavy (non-hydrogen) atoms. The topological polar surface area (TPSA) is 20.2 Å². The number of aliphatic hydroxyl groups excluding tert-OH is 1. The average molecular weight is 216 g/mol. The molecule has 0 aliphatic carbocycles. The number of hydrogen-bond donors (Lipinski definition) is 1. The molecule has 0 radical (unpaired) electrons. The highest BCUT2D eigenvalue weighted by atomic mass is 32.2. The van der Waals surface area contributed by atoms with E-state index in [1.165, 1.54) is 9.79 Å². The quantitative estimate of drug-likeness (QED) is 0.849.